The van der Waals surface area contributed by atoms with Gasteiger partial charge >= 0.3 is 0 Å². The summed E-state index contributed by atoms with van der Waals surface area (Å²) >= 11 is 6.52. The van der Waals surface area contributed by atoms with E-state index in [4.69, 9.17) is 16.3 Å². The van der Waals surface area contributed by atoms with Crippen molar-refractivity contribution >= 4 is 23.0 Å². The van der Waals surface area contributed by atoms with E-state index in [9.17, 15) is 0 Å². The molecule has 6 heteroatoms. The van der Waals surface area contributed by atoms with Crippen molar-refractivity contribution in [2.75, 3.05) is 36.8 Å². The van der Waals surface area contributed by atoms with E-state index < -0.39 is 0 Å². The molecule has 1 aliphatic carbocycles. The number of piperidine rings is 2. The van der Waals surface area contributed by atoms with Crippen LogP contribution in [0.25, 0.3) is 0 Å². The molecule has 1 aromatic carbocycles. The van der Waals surface area contributed by atoms with Gasteiger partial charge in [-0.25, -0.2) is 0 Å². The molecule has 3 N–H and O–H groups in total. The van der Waals surface area contributed by atoms with Crippen LogP contribution in [0.1, 0.15) is 51.0 Å². The fourth-order valence-electron chi connectivity index (χ4n) is 5.51. The predicted molar refractivity (Wildman–Crippen MR) is 120 cm³/mol. The Morgan fingerprint density at radius 2 is 1.86 bits per heavy atom. The summed E-state index contributed by atoms with van der Waals surface area (Å²) in [6.07, 6.45) is 9.87. The van der Waals surface area contributed by atoms with E-state index in [1.54, 1.807) is 0 Å². The summed E-state index contributed by atoms with van der Waals surface area (Å²) in [7, 11) is 0. The van der Waals surface area contributed by atoms with Crippen LogP contribution in [0.4, 0.5) is 11.4 Å². The molecule has 1 saturated carbocycles. The van der Waals surface area contributed by atoms with E-state index in [0.29, 0.717) is 24.2 Å². The third kappa shape index (κ3) is 4.25. The molecule has 4 aliphatic rings. The number of rotatable bonds is 5. The van der Waals surface area contributed by atoms with Gasteiger partial charge in [0.05, 0.1) is 18.4 Å². The van der Waals surface area contributed by atoms with Crippen molar-refractivity contribution in [2.24, 2.45) is 5.92 Å². The number of likely N-dealkylation sites (tertiary alicyclic amines) is 1. The van der Waals surface area contributed by atoms with Crippen LogP contribution >= 0.6 is 11.6 Å². The Labute approximate surface area is 179 Å². The second-order valence-corrected chi connectivity index (χ2v) is 9.78. The van der Waals surface area contributed by atoms with E-state index in [2.05, 4.69) is 39.9 Å². The van der Waals surface area contributed by atoms with Crippen LogP contribution in [0.2, 0.25) is 5.02 Å². The number of nitrogens with one attached hydrogen (secondary N) is 3. The van der Waals surface area contributed by atoms with Crippen molar-refractivity contribution in [1.29, 1.82) is 0 Å². The molecule has 0 amide bonds. The summed E-state index contributed by atoms with van der Waals surface area (Å²) in [5, 5.41) is 11.8. The molecule has 3 atom stereocenters. The first-order valence-electron chi connectivity index (χ1n) is 11.6. The molecule has 0 aromatic heterocycles. The molecule has 0 radical (unpaired) electrons. The van der Waals surface area contributed by atoms with Gasteiger partial charge in [0, 0.05) is 48.0 Å². The van der Waals surface area contributed by atoms with Gasteiger partial charge in [0.25, 0.3) is 0 Å². The number of hydrogen-bond donors (Lipinski definition) is 3. The highest BCUT2D eigenvalue weighted by Gasteiger charge is 2.36. The molecule has 29 heavy (non-hydrogen) atoms. The van der Waals surface area contributed by atoms with Crippen LogP contribution < -0.4 is 16.0 Å². The summed E-state index contributed by atoms with van der Waals surface area (Å²) in [5.74, 6) is 0.535. The van der Waals surface area contributed by atoms with Crippen molar-refractivity contribution in [2.45, 2.75) is 76.3 Å². The number of nitrogens with zero attached hydrogens (tertiary/aromatic N) is 1. The first-order chi connectivity index (χ1) is 14.2. The standard InChI is InChI=1S/C23H35ClN4O/c1-15-22(28-11-7-18(8-12-28)29-17-3-2-4-17)6-10-26-23(15)27-16-13-20(24)19-5-9-25-21(19)14-16/h13-15,17-18,22-23,25-27H,2-12H2,1H3. The molecule has 1 aromatic rings. The third-order valence-electron chi connectivity index (χ3n) is 7.53. The maximum absolute atomic E-state index is 6.52. The minimum absolute atomic E-state index is 0.271. The second kappa shape index (κ2) is 8.62. The van der Waals surface area contributed by atoms with E-state index in [-0.39, 0.29) is 6.17 Å². The highest BCUT2D eigenvalue weighted by Crippen LogP contribution is 2.34. The lowest BCUT2D eigenvalue weighted by Gasteiger charge is -2.46. The monoisotopic (exact) mass is 418 g/mol. The van der Waals surface area contributed by atoms with Crippen LogP contribution in [0, 0.1) is 5.92 Å². The van der Waals surface area contributed by atoms with Crippen molar-refractivity contribution < 1.29 is 4.74 Å². The molecular formula is C23H35ClN4O. The average Bonchev–Trinajstić information content (AvgIpc) is 3.16. The third-order valence-corrected chi connectivity index (χ3v) is 7.87. The normalized spacial score (nSPS) is 31.2. The minimum Gasteiger partial charge on any atom is -0.384 e. The van der Waals surface area contributed by atoms with Crippen molar-refractivity contribution in [1.82, 2.24) is 10.2 Å². The number of anilines is 2. The maximum atomic E-state index is 6.52. The lowest BCUT2D eigenvalue weighted by Crippen LogP contribution is -2.58. The van der Waals surface area contributed by atoms with Gasteiger partial charge in [0.15, 0.2) is 0 Å². The van der Waals surface area contributed by atoms with E-state index in [1.165, 1.54) is 62.9 Å². The van der Waals surface area contributed by atoms with Crippen LogP contribution in [-0.4, -0.2) is 55.5 Å². The van der Waals surface area contributed by atoms with E-state index in [1.807, 2.05) is 0 Å². The van der Waals surface area contributed by atoms with E-state index in [0.717, 1.165) is 30.2 Å². The molecule has 3 heterocycles. The molecule has 0 spiro atoms. The van der Waals surface area contributed by atoms with Crippen LogP contribution in [0.5, 0.6) is 0 Å². The quantitative estimate of drug-likeness (QED) is 0.672. The van der Waals surface area contributed by atoms with Crippen molar-refractivity contribution in [3.63, 3.8) is 0 Å². The summed E-state index contributed by atoms with van der Waals surface area (Å²) in [6, 6.07) is 4.94. The van der Waals surface area contributed by atoms with Gasteiger partial charge in [-0.05, 0) is 69.2 Å². The van der Waals surface area contributed by atoms with Gasteiger partial charge in [-0.3, -0.25) is 10.2 Å². The Hall–Kier alpha value is -1.01. The first-order valence-corrected chi connectivity index (χ1v) is 12.0. The van der Waals surface area contributed by atoms with Crippen LogP contribution in [0.3, 0.4) is 0 Å². The average molecular weight is 419 g/mol. The van der Waals surface area contributed by atoms with Gasteiger partial charge in [-0.15, -0.1) is 0 Å². The lowest BCUT2D eigenvalue weighted by atomic mass is 9.88. The fourth-order valence-corrected chi connectivity index (χ4v) is 5.83. The molecule has 5 rings (SSSR count). The zero-order chi connectivity index (χ0) is 19.8. The van der Waals surface area contributed by atoms with Crippen LogP contribution in [-0.2, 0) is 11.2 Å². The molecule has 3 aliphatic heterocycles. The van der Waals surface area contributed by atoms with Crippen LogP contribution in [0.15, 0.2) is 12.1 Å². The maximum Gasteiger partial charge on any atom is 0.0809 e. The molecule has 5 nitrogen and oxygen atoms in total. The Morgan fingerprint density at radius 3 is 2.62 bits per heavy atom. The van der Waals surface area contributed by atoms with E-state index >= 15 is 0 Å². The fraction of sp³-hybridized carbons (Fsp3) is 0.739. The number of fused-ring (bicyclic) bond motifs is 1. The number of benzene rings is 1. The summed E-state index contributed by atoms with van der Waals surface area (Å²) in [5.41, 5.74) is 3.56. The number of ether oxygens (including phenoxy) is 1. The zero-order valence-electron chi connectivity index (χ0n) is 17.6. The van der Waals surface area contributed by atoms with Gasteiger partial charge < -0.3 is 15.4 Å². The second-order valence-electron chi connectivity index (χ2n) is 9.38. The SMILES string of the molecule is CC1C(Nc2cc(Cl)c3c(c2)NCC3)NCCC1N1CCC(OC2CCC2)CC1. The summed E-state index contributed by atoms with van der Waals surface area (Å²) < 4.78 is 6.27. The lowest BCUT2D eigenvalue weighted by molar-refractivity contribution is -0.0807. The van der Waals surface area contributed by atoms with Gasteiger partial charge in [-0.1, -0.05) is 18.5 Å². The number of hydrogen-bond acceptors (Lipinski definition) is 5. The summed E-state index contributed by atoms with van der Waals surface area (Å²) in [4.78, 5) is 2.72. The highest BCUT2D eigenvalue weighted by molar-refractivity contribution is 6.32. The molecular weight excluding hydrogens is 384 g/mol. The Kier molecular flexibility index (Phi) is 5.92. The first kappa shape index (κ1) is 19.9. The molecule has 0 bridgehead atoms. The topological polar surface area (TPSA) is 48.6 Å². The van der Waals surface area contributed by atoms with Gasteiger partial charge in [-0.2, -0.15) is 0 Å². The Bertz CT molecular complexity index is 717. The minimum atomic E-state index is 0.271. The molecule has 3 unspecified atom stereocenters. The largest absolute Gasteiger partial charge is 0.384 e. The van der Waals surface area contributed by atoms with Gasteiger partial charge in [0.1, 0.15) is 0 Å². The van der Waals surface area contributed by atoms with Gasteiger partial charge in [0.2, 0.25) is 0 Å². The smallest absolute Gasteiger partial charge is 0.0809 e. The number of halogens is 1. The Morgan fingerprint density at radius 1 is 1.07 bits per heavy atom. The Balaban J connectivity index is 1.18. The molecule has 160 valence electrons. The predicted octanol–water partition coefficient (Wildman–Crippen LogP) is 4.08. The highest BCUT2D eigenvalue weighted by atomic mass is 35.5. The van der Waals surface area contributed by atoms with Crippen molar-refractivity contribution in [3.8, 4) is 0 Å². The van der Waals surface area contributed by atoms with Crippen molar-refractivity contribution in [3.05, 3.63) is 22.7 Å². The molecule has 2 saturated heterocycles. The summed E-state index contributed by atoms with van der Waals surface area (Å²) in [6.45, 7) is 6.78. The zero-order valence-corrected chi connectivity index (χ0v) is 18.3. The molecule has 3 fully saturated rings.